The van der Waals surface area contributed by atoms with Gasteiger partial charge in [0.05, 0.1) is 37.6 Å². The molecular formula is C29H61N9O9. The molecule has 4 aliphatic rings. The van der Waals surface area contributed by atoms with Gasteiger partial charge in [0.1, 0.15) is 36.6 Å². The first kappa shape index (κ1) is 39.1. The monoisotopic (exact) mass is 679 g/mol. The maximum absolute atomic E-state index is 10.9. The normalized spacial score (nSPS) is 44.1. The number of hydrogen-bond acceptors (Lipinski definition) is 18. The summed E-state index contributed by atoms with van der Waals surface area (Å²) in [6.07, 6.45) is -7.81. The van der Waals surface area contributed by atoms with E-state index in [0.29, 0.717) is 0 Å². The molecule has 0 spiro atoms. The summed E-state index contributed by atoms with van der Waals surface area (Å²) >= 11 is 0. The molecule has 0 aromatic carbocycles. The van der Waals surface area contributed by atoms with Crippen LogP contribution in [-0.4, -0.2) is 183 Å². The van der Waals surface area contributed by atoms with Crippen LogP contribution in [0, 0.1) is 0 Å². The van der Waals surface area contributed by atoms with E-state index in [1.165, 1.54) is 0 Å². The van der Waals surface area contributed by atoms with E-state index in [2.05, 4.69) is 20.9 Å². The van der Waals surface area contributed by atoms with E-state index < -0.39 is 92.2 Å². The Bertz CT molecular complexity index is 875. The van der Waals surface area contributed by atoms with Gasteiger partial charge in [0.25, 0.3) is 0 Å². The predicted molar refractivity (Wildman–Crippen MR) is 172 cm³/mol. The predicted octanol–water partition coefficient (Wildman–Crippen LogP) is -6.45. The van der Waals surface area contributed by atoms with Crippen molar-refractivity contribution in [2.24, 2.45) is 28.7 Å². The summed E-state index contributed by atoms with van der Waals surface area (Å²) in [5, 5.41) is 51.8. The lowest BCUT2D eigenvalue weighted by atomic mass is 9.84. The van der Waals surface area contributed by atoms with Crippen molar-refractivity contribution in [2.75, 3.05) is 72.2 Å². The van der Waals surface area contributed by atoms with E-state index in [-0.39, 0.29) is 26.1 Å². The summed E-state index contributed by atoms with van der Waals surface area (Å²) in [5.74, 6) is 0. The molecule has 18 nitrogen and oxygen atoms in total. The molecule has 0 radical (unpaired) electrons. The van der Waals surface area contributed by atoms with E-state index in [0.717, 1.165) is 65.2 Å². The van der Waals surface area contributed by atoms with Crippen molar-refractivity contribution in [3.63, 3.8) is 0 Å². The Morgan fingerprint density at radius 3 is 1.96 bits per heavy atom. The van der Waals surface area contributed by atoms with Crippen molar-refractivity contribution < 1.29 is 44.1 Å². The topological polar surface area (TPSA) is 296 Å². The van der Waals surface area contributed by atoms with Gasteiger partial charge >= 0.3 is 0 Å². The average Bonchev–Trinajstić information content (AvgIpc) is 3.05. The van der Waals surface area contributed by atoms with Gasteiger partial charge in [0.2, 0.25) is 0 Å². The van der Waals surface area contributed by atoms with Gasteiger partial charge in [-0.15, -0.1) is 0 Å². The van der Waals surface area contributed by atoms with E-state index in [1.807, 2.05) is 0 Å². The Labute approximate surface area is 277 Å². The minimum Gasteiger partial charge on any atom is -0.394 e. The van der Waals surface area contributed by atoms with Crippen LogP contribution in [0.2, 0.25) is 0 Å². The Morgan fingerprint density at radius 2 is 1.30 bits per heavy atom. The minimum absolute atomic E-state index is 0.0738. The van der Waals surface area contributed by atoms with Crippen LogP contribution < -0.4 is 44.6 Å². The first-order chi connectivity index (χ1) is 22.6. The van der Waals surface area contributed by atoms with Gasteiger partial charge in [-0.2, -0.15) is 0 Å². The number of aliphatic hydroxyl groups excluding tert-OH is 4. The third kappa shape index (κ3) is 10.9. The standard InChI is InChI=1S/C29H61N9O9/c30-13-20-19(40)12-18(33)28(44-20)46-25-16(31)11-17(32)26(47-29-24(42)22(34)23(41)21(14-39)45-29)27(25)43-15-38-9-2-5-36-7-6-35-3-1-4-37-8-10-38/h16-29,35-37,39-42H,1-15,30-34H2/t16?,17-,18?,19+,20?,21-,22-,23?,24-,25-,26?,27+,28-,29?/m1/s1. The molecule has 3 aliphatic heterocycles. The molecule has 0 bridgehead atoms. The number of rotatable bonds is 9. The van der Waals surface area contributed by atoms with Crippen LogP contribution in [0.3, 0.4) is 0 Å². The second-order valence-electron chi connectivity index (χ2n) is 13.1. The molecule has 4 rings (SSSR count). The summed E-state index contributed by atoms with van der Waals surface area (Å²) in [4.78, 5) is 2.18. The lowest BCUT2D eigenvalue weighted by Gasteiger charge is -2.49. The highest BCUT2D eigenvalue weighted by molar-refractivity contribution is 5.02. The fraction of sp³-hybridized carbons (Fsp3) is 1.00. The maximum Gasteiger partial charge on any atom is 0.186 e. The van der Waals surface area contributed by atoms with Crippen molar-refractivity contribution in [3.8, 4) is 0 Å². The molecule has 17 N–H and O–H groups in total. The van der Waals surface area contributed by atoms with Crippen molar-refractivity contribution in [2.45, 2.75) is 111 Å². The van der Waals surface area contributed by atoms with Gasteiger partial charge < -0.3 is 88.7 Å². The summed E-state index contributed by atoms with van der Waals surface area (Å²) in [6, 6.07) is -3.08. The number of nitrogens with zero attached hydrogens (tertiary/aromatic N) is 1. The SMILES string of the molecule is NCC1O[C@H](O[C@@H]2C(N)C[C@@H](N)C(OC3O[C@H](CO)C(O)[C@@H](N)[C@H]3O)[C@H]2OCN2CCCNCCNCCCNCC2)C(N)C[C@@H]1O. The van der Waals surface area contributed by atoms with Crippen molar-refractivity contribution in [1.29, 1.82) is 0 Å². The Kier molecular flexibility index (Phi) is 16.3. The Morgan fingerprint density at radius 1 is 0.681 bits per heavy atom. The van der Waals surface area contributed by atoms with Crippen molar-refractivity contribution in [3.05, 3.63) is 0 Å². The highest BCUT2D eigenvalue weighted by Gasteiger charge is 2.51. The number of nitrogens with two attached hydrogens (primary N) is 5. The second-order valence-corrected chi connectivity index (χ2v) is 13.1. The third-order valence-corrected chi connectivity index (χ3v) is 9.46. The highest BCUT2D eigenvalue weighted by atomic mass is 16.7. The molecule has 4 fully saturated rings. The molecule has 47 heavy (non-hydrogen) atoms. The summed E-state index contributed by atoms with van der Waals surface area (Å²) in [7, 11) is 0. The van der Waals surface area contributed by atoms with Crippen LogP contribution in [0.25, 0.3) is 0 Å². The second kappa shape index (κ2) is 19.6. The third-order valence-electron chi connectivity index (χ3n) is 9.46. The van der Waals surface area contributed by atoms with Gasteiger partial charge in [-0.1, -0.05) is 0 Å². The molecule has 18 heteroatoms. The Balaban J connectivity index is 1.53. The van der Waals surface area contributed by atoms with E-state index in [9.17, 15) is 20.4 Å². The molecule has 6 unspecified atom stereocenters. The quantitative estimate of drug-likeness (QED) is 0.108. The zero-order valence-electron chi connectivity index (χ0n) is 27.4. The molecule has 276 valence electrons. The van der Waals surface area contributed by atoms with Gasteiger partial charge in [-0.05, 0) is 45.3 Å². The van der Waals surface area contributed by atoms with Crippen LogP contribution in [0.5, 0.6) is 0 Å². The van der Waals surface area contributed by atoms with Gasteiger partial charge in [-0.3, -0.25) is 4.90 Å². The van der Waals surface area contributed by atoms with Crippen molar-refractivity contribution >= 4 is 0 Å². The van der Waals surface area contributed by atoms with E-state index in [4.69, 9.17) is 52.4 Å². The lowest BCUT2D eigenvalue weighted by Crippen LogP contribution is -2.68. The van der Waals surface area contributed by atoms with Crippen LogP contribution in [-0.2, 0) is 23.7 Å². The minimum atomic E-state index is -1.42. The fourth-order valence-electron chi connectivity index (χ4n) is 6.58. The maximum atomic E-state index is 10.9. The zero-order valence-corrected chi connectivity index (χ0v) is 27.4. The van der Waals surface area contributed by atoms with E-state index in [1.54, 1.807) is 0 Å². The smallest absolute Gasteiger partial charge is 0.186 e. The molecule has 0 aromatic heterocycles. The first-order valence-corrected chi connectivity index (χ1v) is 17.1. The van der Waals surface area contributed by atoms with Crippen LogP contribution in [0.1, 0.15) is 25.7 Å². The van der Waals surface area contributed by atoms with Gasteiger partial charge in [0.15, 0.2) is 12.6 Å². The molecule has 0 aromatic rings. The summed E-state index contributed by atoms with van der Waals surface area (Å²) < 4.78 is 31.1. The lowest BCUT2D eigenvalue weighted by molar-refractivity contribution is -0.320. The van der Waals surface area contributed by atoms with Crippen molar-refractivity contribution in [1.82, 2.24) is 20.9 Å². The van der Waals surface area contributed by atoms with Crippen LogP contribution in [0.15, 0.2) is 0 Å². The van der Waals surface area contributed by atoms with Crippen LogP contribution in [0.4, 0.5) is 0 Å². The van der Waals surface area contributed by atoms with E-state index >= 15 is 0 Å². The molecule has 3 saturated heterocycles. The largest absolute Gasteiger partial charge is 0.394 e. The van der Waals surface area contributed by atoms with Gasteiger partial charge in [0, 0.05) is 51.4 Å². The fourth-order valence-corrected chi connectivity index (χ4v) is 6.58. The Hall–Kier alpha value is -0.720. The summed E-state index contributed by atoms with van der Waals surface area (Å²) in [6.45, 7) is 6.47. The first-order valence-electron chi connectivity index (χ1n) is 17.1. The molecular weight excluding hydrogens is 618 g/mol. The molecule has 3 heterocycles. The molecule has 1 aliphatic carbocycles. The average molecular weight is 680 g/mol. The molecule has 0 amide bonds. The number of aliphatic hydroxyl groups is 4. The summed E-state index contributed by atoms with van der Waals surface area (Å²) in [5.41, 5.74) is 31.5. The zero-order chi connectivity index (χ0) is 33.9. The molecule has 14 atom stereocenters. The number of ether oxygens (including phenoxy) is 5. The highest BCUT2D eigenvalue weighted by Crippen LogP contribution is 2.32. The molecule has 1 saturated carbocycles. The van der Waals surface area contributed by atoms with Gasteiger partial charge in [-0.25, -0.2) is 0 Å². The number of hydrogen-bond donors (Lipinski definition) is 12. The van der Waals surface area contributed by atoms with Crippen LogP contribution >= 0.6 is 0 Å². The number of nitrogens with one attached hydrogen (secondary N) is 3.